The van der Waals surface area contributed by atoms with Gasteiger partial charge >= 0.3 is 0 Å². The van der Waals surface area contributed by atoms with Gasteiger partial charge in [0.15, 0.2) is 5.82 Å². The van der Waals surface area contributed by atoms with Gasteiger partial charge in [0, 0.05) is 24.8 Å². The quantitative estimate of drug-likeness (QED) is 0.411. The van der Waals surface area contributed by atoms with E-state index < -0.39 is 11.7 Å². The Morgan fingerprint density at radius 3 is 2.53 bits per heavy atom. The topological polar surface area (TPSA) is 126 Å². The molecule has 2 fully saturated rings. The van der Waals surface area contributed by atoms with Crippen molar-refractivity contribution in [2.24, 2.45) is 5.41 Å². The fourth-order valence-electron chi connectivity index (χ4n) is 4.42. The minimum atomic E-state index is -0.789. The van der Waals surface area contributed by atoms with Gasteiger partial charge in [-0.3, -0.25) is 4.79 Å². The summed E-state index contributed by atoms with van der Waals surface area (Å²) in [6.45, 7) is 4.05. The molecule has 0 radical (unpaired) electrons. The number of halogens is 1. The number of carbonyl (C=O) groups excluding carboxylic acids is 1. The summed E-state index contributed by atoms with van der Waals surface area (Å²) in [4.78, 5) is 29.4. The first kappa shape index (κ1) is 24.3. The first-order chi connectivity index (χ1) is 17.4. The SMILES string of the molecule is CNC(=O)C1(C)COC(c2nc(-c3ccc(F)cc3)c(-c3ccnc(NC4CCNCC4)n3)[nH]2)OC1. The molecular formula is C25H30FN7O3. The van der Waals surface area contributed by atoms with E-state index in [0.29, 0.717) is 40.5 Å². The van der Waals surface area contributed by atoms with Gasteiger partial charge in [-0.05, 0) is 63.2 Å². The lowest BCUT2D eigenvalue weighted by Crippen LogP contribution is -2.47. The molecule has 0 spiro atoms. The van der Waals surface area contributed by atoms with E-state index in [9.17, 15) is 9.18 Å². The van der Waals surface area contributed by atoms with Crippen molar-refractivity contribution in [3.8, 4) is 22.6 Å². The summed E-state index contributed by atoms with van der Waals surface area (Å²) in [6.07, 6.45) is 2.90. The van der Waals surface area contributed by atoms with Crippen LogP contribution in [0.15, 0.2) is 36.5 Å². The van der Waals surface area contributed by atoms with Crippen LogP contribution in [-0.2, 0) is 14.3 Å². The summed E-state index contributed by atoms with van der Waals surface area (Å²) in [6, 6.07) is 8.20. The standard InChI is InChI=1S/C25H30FN7O3/c1-25(23(34)27-2)13-35-22(36-14-25)21-32-19(15-3-5-16(26)6-4-15)20(33-21)18-9-12-29-24(31-18)30-17-7-10-28-11-8-17/h3-6,9,12,17,22,28H,7-8,10-11,13-14H2,1-2H3,(H,27,34)(H,32,33)(H,29,30,31). The van der Waals surface area contributed by atoms with Crippen molar-refractivity contribution in [2.45, 2.75) is 32.1 Å². The number of H-pyrrole nitrogens is 1. The van der Waals surface area contributed by atoms with E-state index in [1.165, 1.54) is 12.1 Å². The third kappa shape index (κ3) is 5.08. The average Bonchev–Trinajstić information content (AvgIpc) is 3.35. The van der Waals surface area contributed by atoms with Crippen LogP contribution >= 0.6 is 0 Å². The second-order valence-electron chi connectivity index (χ2n) is 9.38. The van der Waals surface area contributed by atoms with Gasteiger partial charge in [0.2, 0.25) is 18.1 Å². The predicted octanol–water partition coefficient (Wildman–Crippen LogP) is 2.63. The fraction of sp³-hybridized carbons (Fsp3) is 0.440. The van der Waals surface area contributed by atoms with Crippen LogP contribution < -0.4 is 16.0 Å². The molecule has 3 aromatic rings. The molecule has 11 heteroatoms. The zero-order valence-corrected chi connectivity index (χ0v) is 20.3. The van der Waals surface area contributed by atoms with Gasteiger partial charge in [-0.1, -0.05) is 0 Å². The smallest absolute Gasteiger partial charge is 0.230 e. The summed E-state index contributed by atoms with van der Waals surface area (Å²) >= 11 is 0. The largest absolute Gasteiger partial charge is 0.359 e. The van der Waals surface area contributed by atoms with Gasteiger partial charge in [0.25, 0.3) is 0 Å². The lowest BCUT2D eigenvalue weighted by atomic mass is 9.91. The number of benzene rings is 1. The average molecular weight is 496 g/mol. The Balaban J connectivity index is 1.45. The van der Waals surface area contributed by atoms with E-state index in [0.717, 1.165) is 25.9 Å². The minimum Gasteiger partial charge on any atom is -0.359 e. The molecule has 36 heavy (non-hydrogen) atoms. The molecule has 0 saturated carbocycles. The molecule has 10 nitrogen and oxygen atoms in total. The lowest BCUT2D eigenvalue weighted by molar-refractivity contribution is -0.230. The predicted molar refractivity (Wildman–Crippen MR) is 131 cm³/mol. The Kier molecular flexibility index (Phi) is 6.95. The maximum absolute atomic E-state index is 13.6. The summed E-state index contributed by atoms with van der Waals surface area (Å²) in [7, 11) is 1.59. The number of hydrogen-bond donors (Lipinski definition) is 4. The summed E-state index contributed by atoms with van der Waals surface area (Å²) in [5, 5.41) is 9.42. The zero-order chi connectivity index (χ0) is 25.1. The number of rotatable bonds is 6. The van der Waals surface area contributed by atoms with E-state index in [1.807, 2.05) is 0 Å². The minimum absolute atomic E-state index is 0.150. The van der Waals surface area contributed by atoms with Crippen molar-refractivity contribution < 1.29 is 18.7 Å². The van der Waals surface area contributed by atoms with E-state index in [2.05, 4.69) is 25.9 Å². The monoisotopic (exact) mass is 495 g/mol. The van der Waals surface area contributed by atoms with Crippen LogP contribution in [0.1, 0.15) is 31.9 Å². The number of nitrogens with one attached hydrogen (secondary N) is 4. The Morgan fingerprint density at radius 1 is 1.11 bits per heavy atom. The number of aromatic nitrogens is 4. The van der Waals surface area contributed by atoms with Crippen molar-refractivity contribution in [2.75, 3.05) is 38.7 Å². The second-order valence-corrected chi connectivity index (χ2v) is 9.38. The molecular weight excluding hydrogens is 465 g/mol. The number of anilines is 1. The second kappa shape index (κ2) is 10.3. The van der Waals surface area contributed by atoms with Crippen LogP contribution in [0.4, 0.5) is 10.3 Å². The molecule has 190 valence electrons. The highest BCUT2D eigenvalue weighted by molar-refractivity contribution is 5.82. The van der Waals surface area contributed by atoms with Gasteiger partial charge in [0.1, 0.15) is 5.82 Å². The van der Waals surface area contributed by atoms with Crippen molar-refractivity contribution in [1.82, 2.24) is 30.6 Å². The molecule has 1 amide bonds. The highest BCUT2D eigenvalue weighted by Crippen LogP contribution is 2.35. The number of aromatic amines is 1. The first-order valence-corrected chi connectivity index (χ1v) is 12.1. The summed E-state index contributed by atoms with van der Waals surface area (Å²) in [5.41, 5.74) is 1.78. The molecule has 2 aromatic heterocycles. The van der Waals surface area contributed by atoms with Crippen molar-refractivity contribution in [3.63, 3.8) is 0 Å². The van der Waals surface area contributed by atoms with Crippen molar-refractivity contribution in [1.29, 1.82) is 0 Å². The molecule has 5 rings (SSSR count). The summed E-state index contributed by atoms with van der Waals surface area (Å²) < 4.78 is 25.4. The molecule has 0 unspecified atom stereocenters. The third-order valence-corrected chi connectivity index (χ3v) is 6.53. The molecule has 0 bridgehead atoms. The highest BCUT2D eigenvalue weighted by atomic mass is 19.1. The van der Waals surface area contributed by atoms with Gasteiger partial charge in [-0.2, -0.15) is 0 Å². The molecule has 0 aliphatic carbocycles. The van der Waals surface area contributed by atoms with Crippen LogP contribution in [0.25, 0.3) is 22.6 Å². The van der Waals surface area contributed by atoms with E-state index in [1.54, 1.807) is 38.4 Å². The van der Waals surface area contributed by atoms with Crippen molar-refractivity contribution in [3.05, 3.63) is 48.2 Å². The maximum Gasteiger partial charge on any atom is 0.230 e. The Labute approximate surface area is 208 Å². The normalized spacial score (nSPS) is 22.8. The number of nitrogens with zero attached hydrogens (tertiary/aromatic N) is 3. The molecule has 4 N–H and O–H groups in total. The van der Waals surface area contributed by atoms with Crippen molar-refractivity contribution >= 4 is 11.9 Å². The Bertz CT molecular complexity index is 1200. The Morgan fingerprint density at radius 2 is 1.83 bits per heavy atom. The molecule has 2 saturated heterocycles. The fourth-order valence-corrected chi connectivity index (χ4v) is 4.42. The number of ether oxygens (including phenoxy) is 2. The van der Waals surface area contributed by atoms with Crippen LogP contribution in [-0.4, -0.2) is 65.2 Å². The number of amides is 1. The van der Waals surface area contributed by atoms with Gasteiger partial charge in [-0.25, -0.2) is 19.3 Å². The van der Waals surface area contributed by atoms with Gasteiger partial charge in [-0.15, -0.1) is 0 Å². The summed E-state index contributed by atoms with van der Waals surface area (Å²) in [5.74, 6) is 0.490. The zero-order valence-electron chi connectivity index (χ0n) is 20.3. The number of carbonyl (C=O) groups is 1. The number of piperidine rings is 1. The maximum atomic E-state index is 13.6. The van der Waals surface area contributed by atoms with E-state index in [-0.39, 0.29) is 24.9 Å². The van der Waals surface area contributed by atoms with Gasteiger partial charge < -0.3 is 30.4 Å². The van der Waals surface area contributed by atoms with E-state index >= 15 is 0 Å². The van der Waals surface area contributed by atoms with Crippen LogP contribution in [0, 0.1) is 11.2 Å². The number of hydrogen-bond acceptors (Lipinski definition) is 8. The first-order valence-electron chi connectivity index (χ1n) is 12.1. The highest BCUT2D eigenvalue weighted by Gasteiger charge is 2.40. The molecule has 2 aliphatic rings. The third-order valence-electron chi connectivity index (χ3n) is 6.53. The van der Waals surface area contributed by atoms with E-state index in [4.69, 9.17) is 19.4 Å². The molecule has 0 atom stereocenters. The van der Waals surface area contributed by atoms with Gasteiger partial charge in [0.05, 0.1) is 35.7 Å². The van der Waals surface area contributed by atoms with Crippen LogP contribution in [0.2, 0.25) is 0 Å². The number of imidazole rings is 1. The Hall–Kier alpha value is -3.41. The van der Waals surface area contributed by atoms with Crippen LogP contribution in [0.3, 0.4) is 0 Å². The van der Waals surface area contributed by atoms with Crippen LogP contribution in [0.5, 0.6) is 0 Å². The lowest BCUT2D eigenvalue weighted by Gasteiger charge is -2.34. The molecule has 2 aliphatic heterocycles. The molecule has 4 heterocycles. The molecule has 1 aromatic carbocycles.